The molecule has 0 saturated carbocycles. The van der Waals surface area contributed by atoms with E-state index in [2.05, 4.69) is 10.6 Å². The average Bonchev–Trinajstić information content (AvgIpc) is 2.37. The molecule has 0 saturated heterocycles. The summed E-state index contributed by atoms with van der Waals surface area (Å²) in [6, 6.07) is 7.97. The molecule has 106 valence electrons. The van der Waals surface area contributed by atoms with Crippen LogP contribution in [0.4, 0.5) is 5.69 Å². The Hall–Kier alpha value is -2.35. The van der Waals surface area contributed by atoms with Crippen molar-refractivity contribution in [2.24, 2.45) is 5.41 Å². The molecule has 0 aliphatic carbocycles. The molecule has 0 spiro atoms. The summed E-state index contributed by atoms with van der Waals surface area (Å²) in [7, 11) is 0. The van der Waals surface area contributed by atoms with Gasteiger partial charge in [-0.2, -0.15) is 5.26 Å². The van der Waals surface area contributed by atoms with E-state index in [-0.39, 0.29) is 11.8 Å². The Morgan fingerprint density at radius 1 is 1.30 bits per heavy atom. The van der Waals surface area contributed by atoms with Crippen LogP contribution in [0.3, 0.4) is 0 Å². The van der Waals surface area contributed by atoms with Crippen LogP contribution in [0, 0.1) is 16.7 Å². The zero-order valence-electron chi connectivity index (χ0n) is 12.2. The number of anilines is 1. The number of carbonyl (C=O) groups excluding carboxylic acids is 2. The molecule has 1 aromatic carbocycles. The third-order valence-corrected chi connectivity index (χ3v) is 2.68. The van der Waals surface area contributed by atoms with Crippen molar-refractivity contribution >= 4 is 17.5 Å². The molecule has 0 aliphatic heterocycles. The first kappa shape index (κ1) is 15.7. The first-order valence-corrected chi connectivity index (χ1v) is 6.36. The zero-order chi connectivity index (χ0) is 15.3. The normalized spacial score (nSPS) is 12.2. The molecule has 5 heteroatoms. The smallest absolute Gasteiger partial charge is 0.246 e. The standard InChI is InChI=1S/C15H19N3O2/c1-10(17-14(20)15(2,3)4)13(19)18-12-7-5-6-11(8-12)9-16/h5-8,10H,1-4H3,(H,17,20)(H,18,19)/t10-/m1/s1. The second kappa shape index (κ2) is 6.20. The lowest BCUT2D eigenvalue weighted by Gasteiger charge is -2.21. The second-order valence-electron chi connectivity index (χ2n) is 5.63. The maximum absolute atomic E-state index is 12.0. The molecule has 2 N–H and O–H groups in total. The zero-order valence-corrected chi connectivity index (χ0v) is 12.2. The number of nitriles is 1. The van der Waals surface area contributed by atoms with E-state index in [9.17, 15) is 9.59 Å². The van der Waals surface area contributed by atoms with Crippen LogP contribution >= 0.6 is 0 Å². The van der Waals surface area contributed by atoms with Crippen molar-refractivity contribution in [2.45, 2.75) is 33.7 Å². The Balaban J connectivity index is 2.67. The van der Waals surface area contributed by atoms with Gasteiger partial charge in [-0.1, -0.05) is 26.8 Å². The average molecular weight is 273 g/mol. The molecule has 1 atom stereocenters. The molecule has 1 aromatic rings. The van der Waals surface area contributed by atoms with Crippen molar-refractivity contribution < 1.29 is 9.59 Å². The highest BCUT2D eigenvalue weighted by Crippen LogP contribution is 2.13. The Labute approximate surface area is 119 Å². The number of hydrogen-bond acceptors (Lipinski definition) is 3. The lowest BCUT2D eigenvalue weighted by Crippen LogP contribution is -2.46. The molecule has 0 radical (unpaired) electrons. The Morgan fingerprint density at radius 3 is 2.50 bits per heavy atom. The van der Waals surface area contributed by atoms with Crippen LogP contribution in [0.2, 0.25) is 0 Å². The fourth-order valence-corrected chi connectivity index (χ4v) is 1.40. The summed E-state index contributed by atoms with van der Waals surface area (Å²) in [5.74, 6) is -0.511. The molecule has 1 rings (SSSR count). The molecule has 0 heterocycles. The van der Waals surface area contributed by atoms with Gasteiger partial charge in [-0.25, -0.2) is 0 Å². The number of rotatable bonds is 3. The van der Waals surface area contributed by atoms with Crippen LogP contribution < -0.4 is 10.6 Å². The van der Waals surface area contributed by atoms with E-state index in [1.165, 1.54) is 0 Å². The molecule has 0 bridgehead atoms. The summed E-state index contributed by atoms with van der Waals surface area (Å²) in [6.45, 7) is 6.96. The van der Waals surface area contributed by atoms with Crippen LogP contribution in [0.5, 0.6) is 0 Å². The van der Waals surface area contributed by atoms with Crippen LogP contribution in [0.25, 0.3) is 0 Å². The Bertz CT molecular complexity index is 553. The monoisotopic (exact) mass is 273 g/mol. The van der Waals surface area contributed by atoms with Crippen LogP contribution in [0.15, 0.2) is 24.3 Å². The largest absolute Gasteiger partial charge is 0.344 e. The van der Waals surface area contributed by atoms with Crippen molar-refractivity contribution in [1.82, 2.24) is 5.32 Å². The van der Waals surface area contributed by atoms with E-state index >= 15 is 0 Å². The Kier molecular flexibility index (Phi) is 4.87. The minimum Gasteiger partial charge on any atom is -0.344 e. The van der Waals surface area contributed by atoms with Crippen molar-refractivity contribution in [3.63, 3.8) is 0 Å². The summed E-state index contributed by atoms with van der Waals surface area (Å²) in [5.41, 5.74) is 0.454. The highest BCUT2D eigenvalue weighted by Gasteiger charge is 2.25. The molecule has 0 unspecified atom stereocenters. The van der Waals surface area contributed by atoms with Gasteiger partial charge in [0, 0.05) is 11.1 Å². The molecule has 0 aromatic heterocycles. The van der Waals surface area contributed by atoms with Gasteiger partial charge in [0.05, 0.1) is 11.6 Å². The molecule has 0 aliphatic rings. The molecule has 5 nitrogen and oxygen atoms in total. The quantitative estimate of drug-likeness (QED) is 0.884. The fraction of sp³-hybridized carbons (Fsp3) is 0.400. The highest BCUT2D eigenvalue weighted by atomic mass is 16.2. The number of hydrogen-bond donors (Lipinski definition) is 2. The summed E-state index contributed by atoms with van der Waals surface area (Å²) in [6.07, 6.45) is 0. The summed E-state index contributed by atoms with van der Waals surface area (Å²) in [5, 5.41) is 14.1. The van der Waals surface area contributed by atoms with E-state index < -0.39 is 11.5 Å². The maximum atomic E-state index is 12.0. The lowest BCUT2D eigenvalue weighted by atomic mass is 9.95. The van der Waals surface area contributed by atoms with Gasteiger partial charge in [-0.05, 0) is 25.1 Å². The number of nitrogens with zero attached hydrogens (tertiary/aromatic N) is 1. The van der Waals surface area contributed by atoms with Crippen molar-refractivity contribution in [2.75, 3.05) is 5.32 Å². The minimum atomic E-state index is -0.646. The molecular weight excluding hydrogens is 254 g/mol. The lowest BCUT2D eigenvalue weighted by molar-refractivity contribution is -0.131. The van der Waals surface area contributed by atoms with Gasteiger partial charge in [-0.3, -0.25) is 9.59 Å². The molecule has 20 heavy (non-hydrogen) atoms. The molecular formula is C15H19N3O2. The van der Waals surface area contributed by atoms with E-state index in [4.69, 9.17) is 5.26 Å². The number of nitrogens with one attached hydrogen (secondary N) is 2. The van der Waals surface area contributed by atoms with E-state index in [1.54, 1.807) is 52.0 Å². The van der Waals surface area contributed by atoms with E-state index in [1.807, 2.05) is 6.07 Å². The van der Waals surface area contributed by atoms with Gasteiger partial charge in [0.1, 0.15) is 6.04 Å². The predicted octanol–water partition coefficient (Wildman–Crippen LogP) is 2.05. The topological polar surface area (TPSA) is 82.0 Å². The number of carbonyl (C=O) groups is 2. The van der Waals surface area contributed by atoms with Crippen LogP contribution in [-0.2, 0) is 9.59 Å². The molecule has 2 amide bonds. The predicted molar refractivity (Wildman–Crippen MR) is 76.8 cm³/mol. The minimum absolute atomic E-state index is 0.189. The third kappa shape index (κ3) is 4.39. The first-order chi connectivity index (χ1) is 9.24. The van der Waals surface area contributed by atoms with Gasteiger partial charge in [0.2, 0.25) is 11.8 Å². The Morgan fingerprint density at radius 2 is 1.95 bits per heavy atom. The second-order valence-corrected chi connectivity index (χ2v) is 5.63. The highest BCUT2D eigenvalue weighted by molar-refractivity contribution is 5.97. The maximum Gasteiger partial charge on any atom is 0.246 e. The molecule has 0 fully saturated rings. The first-order valence-electron chi connectivity index (χ1n) is 6.36. The van der Waals surface area contributed by atoms with E-state index in [0.29, 0.717) is 11.3 Å². The van der Waals surface area contributed by atoms with Crippen molar-refractivity contribution in [3.8, 4) is 6.07 Å². The van der Waals surface area contributed by atoms with Gasteiger partial charge < -0.3 is 10.6 Å². The summed E-state index contributed by atoms with van der Waals surface area (Å²) in [4.78, 5) is 23.8. The van der Waals surface area contributed by atoms with Gasteiger partial charge in [0.25, 0.3) is 0 Å². The van der Waals surface area contributed by atoms with Crippen molar-refractivity contribution in [3.05, 3.63) is 29.8 Å². The van der Waals surface area contributed by atoms with Gasteiger partial charge >= 0.3 is 0 Å². The number of benzene rings is 1. The van der Waals surface area contributed by atoms with Crippen molar-refractivity contribution in [1.29, 1.82) is 5.26 Å². The SMILES string of the molecule is C[C@@H](NC(=O)C(C)(C)C)C(=O)Nc1cccc(C#N)c1. The summed E-state index contributed by atoms with van der Waals surface area (Å²) >= 11 is 0. The third-order valence-electron chi connectivity index (χ3n) is 2.68. The fourth-order valence-electron chi connectivity index (χ4n) is 1.40. The van der Waals surface area contributed by atoms with Crippen LogP contribution in [0.1, 0.15) is 33.3 Å². The van der Waals surface area contributed by atoms with Crippen LogP contribution in [-0.4, -0.2) is 17.9 Å². The summed E-state index contributed by atoms with van der Waals surface area (Å²) < 4.78 is 0. The number of amides is 2. The van der Waals surface area contributed by atoms with E-state index in [0.717, 1.165) is 0 Å². The van der Waals surface area contributed by atoms with Gasteiger partial charge in [0.15, 0.2) is 0 Å². The van der Waals surface area contributed by atoms with Gasteiger partial charge in [-0.15, -0.1) is 0 Å².